The highest BCUT2D eigenvalue weighted by atomic mass is 32.2. The van der Waals surface area contributed by atoms with Gasteiger partial charge in [0.25, 0.3) is 0 Å². The van der Waals surface area contributed by atoms with Gasteiger partial charge < -0.3 is 4.74 Å². The maximum absolute atomic E-state index is 5.25. The van der Waals surface area contributed by atoms with Crippen molar-refractivity contribution >= 4 is 11.8 Å². The summed E-state index contributed by atoms with van der Waals surface area (Å²) >= 11 is 2.05. The van der Waals surface area contributed by atoms with Crippen LogP contribution in [0.2, 0.25) is 0 Å². The average Bonchev–Trinajstić information content (AvgIpc) is 2.58. The van der Waals surface area contributed by atoms with Crippen LogP contribution < -0.4 is 5.32 Å². The number of hydrogen-bond donors (Lipinski definition) is 1. The molecule has 0 aromatic carbocycles. The molecule has 2 saturated heterocycles. The highest BCUT2D eigenvalue weighted by Crippen LogP contribution is 2.12. The zero-order chi connectivity index (χ0) is 7.52. The van der Waals surface area contributed by atoms with Gasteiger partial charge in [-0.3, -0.25) is 10.2 Å². The second kappa shape index (κ2) is 3.76. The molecule has 0 spiro atoms. The number of hydrogen-bond acceptors (Lipinski definition) is 4. The first-order valence-corrected chi connectivity index (χ1v) is 5.25. The molecule has 2 aliphatic heterocycles. The lowest BCUT2D eigenvalue weighted by Gasteiger charge is -2.30. The predicted octanol–water partition coefficient (Wildman–Crippen LogP) is -0.0614. The van der Waals surface area contributed by atoms with Crippen molar-refractivity contribution in [3.8, 4) is 0 Å². The van der Waals surface area contributed by atoms with E-state index in [-0.39, 0.29) is 0 Å². The molecule has 0 radical (unpaired) electrons. The monoisotopic (exact) mass is 174 g/mol. The lowest BCUT2D eigenvalue weighted by atomic mass is 10.4. The molecular weight excluding hydrogens is 160 g/mol. The Labute approximate surface area is 71.5 Å². The maximum Gasteiger partial charge on any atom is 0.0979 e. The van der Waals surface area contributed by atoms with E-state index in [1.165, 1.54) is 24.6 Å². The molecule has 2 fully saturated rings. The van der Waals surface area contributed by atoms with Crippen molar-refractivity contribution in [2.75, 3.05) is 37.9 Å². The minimum absolute atomic E-state index is 0.496. The van der Waals surface area contributed by atoms with Crippen molar-refractivity contribution in [2.45, 2.75) is 6.17 Å². The molecule has 3 nitrogen and oxygen atoms in total. The van der Waals surface area contributed by atoms with Gasteiger partial charge in [-0.25, -0.2) is 0 Å². The summed E-state index contributed by atoms with van der Waals surface area (Å²) in [6.07, 6.45) is 0.496. The number of rotatable bonds is 1. The second-order valence-electron chi connectivity index (χ2n) is 2.88. The third kappa shape index (κ3) is 1.87. The zero-order valence-electron chi connectivity index (χ0n) is 6.58. The van der Waals surface area contributed by atoms with E-state index in [2.05, 4.69) is 10.2 Å². The molecule has 0 aromatic heterocycles. The number of nitrogens with one attached hydrogen (secondary N) is 1. The van der Waals surface area contributed by atoms with E-state index >= 15 is 0 Å². The van der Waals surface area contributed by atoms with Crippen LogP contribution in [0, 0.1) is 0 Å². The molecule has 2 rings (SSSR count). The van der Waals surface area contributed by atoms with E-state index in [4.69, 9.17) is 4.74 Å². The Morgan fingerprint density at radius 3 is 2.82 bits per heavy atom. The first-order chi connectivity index (χ1) is 5.47. The van der Waals surface area contributed by atoms with Gasteiger partial charge in [0.05, 0.1) is 19.5 Å². The number of thioether (sulfide) groups is 1. The standard InChI is InChI=1S/C7H14N2OS/c1-3-11-4-2-9(1)7-5-10-6-8-7/h7-8H,1-6H2. The third-order valence-corrected chi connectivity index (χ3v) is 3.13. The Hall–Kier alpha value is 0.230. The van der Waals surface area contributed by atoms with Crippen LogP contribution in [0.3, 0.4) is 0 Å². The lowest BCUT2D eigenvalue weighted by molar-refractivity contribution is 0.150. The van der Waals surface area contributed by atoms with Gasteiger partial charge in [0.2, 0.25) is 0 Å². The summed E-state index contributed by atoms with van der Waals surface area (Å²) in [5, 5.41) is 3.32. The lowest BCUT2D eigenvalue weighted by Crippen LogP contribution is -2.47. The first-order valence-electron chi connectivity index (χ1n) is 4.10. The minimum atomic E-state index is 0.496. The summed E-state index contributed by atoms with van der Waals surface area (Å²) in [4.78, 5) is 2.48. The predicted molar refractivity (Wildman–Crippen MR) is 46.6 cm³/mol. The van der Waals surface area contributed by atoms with Gasteiger partial charge in [0.15, 0.2) is 0 Å². The molecule has 0 amide bonds. The number of nitrogens with zero attached hydrogens (tertiary/aromatic N) is 1. The van der Waals surface area contributed by atoms with E-state index < -0.39 is 0 Å². The SMILES string of the molecule is C1NC(N2CCSCC2)CO1. The average molecular weight is 174 g/mol. The van der Waals surface area contributed by atoms with E-state index in [1.54, 1.807) is 0 Å². The molecule has 2 aliphatic rings. The van der Waals surface area contributed by atoms with Crippen LogP contribution in [-0.4, -0.2) is 49.0 Å². The maximum atomic E-state index is 5.25. The molecule has 4 heteroatoms. The van der Waals surface area contributed by atoms with E-state index in [1.807, 2.05) is 11.8 Å². The summed E-state index contributed by atoms with van der Waals surface area (Å²) < 4.78 is 5.25. The summed E-state index contributed by atoms with van der Waals surface area (Å²) in [6, 6.07) is 0. The summed E-state index contributed by atoms with van der Waals surface area (Å²) in [7, 11) is 0. The molecule has 1 atom stereocenters. The molecular formula is C7H14N2OS. The van der Waals surface area contributed by atoms with Crippen molar-refractivity contribution in [1.82, 2.24) is 10.2 Å². The van der Waals surface area contributed by atoms with Gasteiger partial charge in [-0.1, -0.05) is 0 Å². The molecule has 11 heavy (non-hydrogen) atoms. The molecule has 1 N–H and O–H groups in total. The van der Waals surface area contributed by atoms with Crippen LogP contribution >= 0.6 is 11.8 Å². The fourth-order valence-electron chi connectivity index (χ4n) is 1.51. The molecule has 0 saturated carbocycles. The van der Waals surface area contributed by atoms with Crippen molar-refractivity contribution in [1.29, 1.82) is 0 Å². The molecule has 1 unspecified atom stereocenters. The van der Waals surface area contributed by atoms with Gasteiger partial charge in [0, 0.05) is 24.6 Å². The Bertz CT molecular complexity index is 122. The van der Waals surface area contributed by atoms with Crippen molar-refractivity contribution < 1.29 is 4.74 Å². The molecule has 64 valence electrons. The first kappa shape index (κ1) is 7.86. The van der Waals surface area contributed by atoms with Gasteiger partial charge in [-0.2, -0.15) is 11.8 Å². The fraction of sp³-hybridized carbons (Fsp3) is 1.00. The smallest absolute Gasteiger partial charge is 0.0979 e. The highest BCUT2D eigenvalue weighted by Gasteiger charge is 2.23. The summed E-state index contributed by atoms with van der Waals surface area (Å²) in [5.74, 6) is 2.55. The third-order valence-electron chi connectivity index (χ3n) is 2.18. The van der Waals surface area contributed by atoms with Crippen molar-refractivity contribution in [3.63, 3.8) is 0 Å². The Morgan fingerprint density at radius 2 is 2.18 bits per heavy atom. The minimum Gasteiger partial charge on any atom is -0.363 e. The number of ether oxygens (including phenoxy) is 1. The highest BCUT2D eigenvalue weighted by molar-refractivity contribution is 7.99. The van der Waals surface area contributed by atoms with Gasteiger partial charge in [-0.15, -0.1) is 0 Å². The van der Waals surface area contributed by atoms with Crippen molar-refractivity contribution in [2.24, 2.45) is 0 Å². The van der Waals surface area contributed by atoms with Crippen LogP contribution in [0.15, 0.2) is 0 Å². The quantitative estimate of drug-likeness (QED) is 0.602. The second-order valence-corrected chi connectivity index (χ2v) is 4.11. The topological polar surface area (TPSA) is 24.5 Å². The zero-order valence-corrected chi connectivity index (χ0v) is 7.40. The molecule has 0 aromatic rings. The Morgan fingerprint density at radius 1 is 1.36 bits per heavy atom. The summed E-state index contributed by atoms with van der Waals surface area (Å²) in [6.45, 7) is 4.02. The fourth-order valence-corrected chi connectivity index (χ4v) is 2.44. The van der Waals surface area contributed by atoms with E-state index in [0.717, 1.165) is 13.3 Å². The Kier molecular flexibility index (Phi) is 2.68. The Balaban J connectivity index is 1.82. The van der Waals surface area contributed by atoms with Crippen molar-refractivity contribution in [3.05, 3.63) is 0 Å². The van der Waals surface area contributed by atoms with Gasteiger partial charge in [-0.05, 0) is 0 Å². The molecule has 0 aliphatic carbocycles. The van der Waals surface area contributed by atoms with Gasteiger partial charge >= 0.3 is 0 Å². The summed E-state index contributed by atoms with van der Waals surface area (Å²) in [5.41, 5.74) is 0. The van der Waals surface area contributed by atoms with Crippen LogP contribution in [0.5, 0.6) is 0 Å². The molecule has 0 bridgehead atoms. The van der Waals surface area contributed by atoms with Gasteiger partial charge in [0.1, 0.15) is 0 Å². The normalized spacial score (nSPS) is 34.4. The van der Waals surface area contributed by atoms with E-state index in [9.17, 15) is 0 Å². The van der Waals surface area contributed by atoms with Crippen LogP contribution in [-0.2, 0) is 4.74 Å². The van der Waals surface area contributed by atoms with E-state index in [0.29, 0.717) is 6.17 Å². The van der Waals surface area contributed by atoms with Crippen LogP contribution in [0.1, 0.15) is 0 Å². The van der Waals surface area contributed by atoms with Crippen LogP contribution in [0.4, 0.5) is 0 Å². The largest absolute Gasteiger partial charge is 0.363 e. The molecule has 2 heterocycles. The van der Waals surface area contributed by atoms with Crippen LogP contribution in [0.25, 0.3) is 0 Å².